The molecule has 0 fully saturated rings. The van der Waals surface area contributed by atoms with Gasteiger partial charge in [-0.2, -0.15) is 4.72 Å². The second kappa shape index (κ2) is 6.81. The van der Waals surface area contributed by atoms with Crippen molar-refractivity contribution in [2.24, 2.45) is 5.92 Å². The molecule has 0 aliphatic rings. The zero-order valence-corrected chi connectivity index (χ0v) is 15.6. The molecule has 0 aliphatic carbocycles. The van der Waals surface area contributed by atoms with Crippen LogP contribution in [-0.2, 0) is 19.9 Å². The molecule has 138 valence electrons. The van der Waals surface area contributed by atoms with Crippen LogP contribution < -0.4 is 4.72 Å². The highest BCUT2D eigenvalue weighted by Gasteiger charge is 2.30. The smallest absolute Gasteiger partial charge is 0.335 e. The molecule has 0 saturated heterocycles. The van der Waals surface area contributed by atoms with Crippen molar-refractivity contribution in [2.75, 3.05) is 6.26 Å². The SMILES string of the molecule is Cc1cc(S(=O)(=O)N[C@H](c2nnc(S(C)(=O)=O)o2)C(C)C)ccc1F. The van der Waals surface area contributed by atoms with E-state index < -0.39 is 36.9 Å². The molecule has 0 unspecified atom stereocenters. The molecule has 1 aromatic heterocycles. The van der Waals surface area contributed by atoms with Crippen LogP contribution in [0.15, 0.2) is 32.7 Å². The summed E-state index contributed by atoms with van der Waals surface area (Å²) in [6.45, 7) is 4.85. The highest BCUT2D eigenvalue weighted by atomic mass is 32.2. The molecule has 25 heavy (non-hydrogen) atoms. The van der Waals surface area contributed by atoms with Crippen LogP contribution in [-0.4, -0.2) is 33.3 Å². The highest BCUT2D eigenvalue weighted by molar-refractivity contribution is 7.90. The summed E-state index contributed by atoms with van der Waals surface area (Å²) in [5, 5.41) is 6.47. The lowest BCUT2D eigenvalue weighted by Crippen LogP contribution is -2.32. The van der Waals surface area contributed by atoms with Gasteiger partial charge in [0.2, 0.25) is 25.8 Å². The first-order valence-electron chi connectivity index (χ1n) is 7.24. The number of hydrogen-bond acceptors (Lipinski definition) is 7. The molecule has 8 nitrogen and oxygen atoms in total. The molecule has 0 saturated carbocycles. The summed E-state index contributed by atoms with van der Waals surface area (Å²) in [5.74, 6) is -1.00. The number of halogens is 1. The minimum atomic E-state index is -4.01. The molecule has 2 aromatic rings. The molecule has 0 bridgehead atoms. The minimum Gasteiger partial charge on any atom is -0.411 e. The quantitative estimate of drug-likeness (QED) is 0.794. The van der Waals surface area contributed by atoms with Gasteiger partial charge < -0.3 is 4.42 Å². The second-order valence-corrected chi connectivity index (χ2v) is 9.54. The van der Waals surface area contributed by atoms with Crippen LogP contribution in [0, 0.1) is 18.7 Å². The average Bonchev–Trinajstić information content (AvgIpc) is 2.97. The summed E-state index contributed by atoms with van der Waals surface area (Å²) < 4.78 is 68.8. The first kappa shape index (κ1) is 19.5. The first-order chi connectivity index (χ1) is 11.4. The molecule has 1 N–H and O–H groups in total. The Bertz CT molecular complexity index is 984. The molecule has 0 radical (unpaired) electrons. The van der Waals surface area contributed by atoms with Gasteiger partial charge in [-0.05, 0) is 36.6 Å². The van der Waals surface area contributed by atoms with E-state index in [1.807, 2.05) is 0 Å². The monoisotopic (exact) mass is 391 g/mol. The van der Waals surface area contributed by atoms with Crippen LogP contribution in [0.25, 0.3) is 0 Å². The van der Waals surface area contributed by atoms with E-state index in [4.69, 9.17) is 4.42 Å². The molecule has 1 heterocycles. The van der Waals surface area contributed by atoms with Gasteiger partial charge in [-0.25, -0.2) is 21.2 Å². The fraction of sp³-hybridized carbons (Fsp3) is 0.429. The molecule has 1 aromatic carbocycles. The van der Waals surface area contributed by atoms with Crippen LogP contribution in [0.5, 0.6) is 0 Å². The zero-order valence-electron chi connectivity index (χ0n) is 14.0. The molecular weight excluding hydrogens is 373 g/mol. The number of aromatic nitrogens is 2. The van der Waals surface area contributed by atoms with Gasteiger partial charge in [-0.3, -0.25) is 0 Å². The van der Waals surface area contributed by atoms with E-state index in [1.54, 1.807) is 13.8 Å². The summed E-state index contributed by atoms with van der Waals surface area (Å²) in [5.41, 5.74) is 0.182. The van der Waals surface area contributed by atoms with Crippen LogP contribution in [0.4, 0.5) is 4.39 Å². The van der Waals surface area contributed by atoms with Gasteiger partial charge in [0.05, 0.1) is 4.90 Å². The average molecular weight is 391 g/mol. The number of nitrogens with zero attached hydrogens (tertiary/aromatic N) is 2. The summed E-state index contributed by atoms with van der Waals surface area (Å²) in [6.07, 6.45) is 0.903. The molecule has 1 atom stereocenters. The van der Waals surface area contributed by atoms with Crippen molar-refractivity contribution in [1.29, 1.82) is 0 Å². The first-order valence-corrected chi connectivity index (χ1v) is 10.6. The summed E-state index contributed by atoms with van der Waals surface area (Å²) in [7, 11) is -7.72. The Balaban J connectivity index is 2.38. The van der Waals surface area contributed by atoms with Gasteiger partial charge >= 0.3 is 5.22 Å². The summed E-state index contributed by atoms with van der Waals surface area (Å²) in [4.78, 5) is -0.125. The third-order valence-electron chi connectivity index (χ3n) is 3.39. The number of aryl methyl sites for hydroxylation is 1. The maximum atomic E-state index is 13.4. The van der Waals surface area contributed by atoms with Crippen LogP contribution in [0.1, 0.15) is 31.3 Å². The number of sulfone groups is 1. The van der Waals surface area contributed by atoms with Crippen molar-refractivity contribution in [1.82, 2.24) is 14.9 Å². The Morgan fingerprint density at radius 2 is 1.80 bits per heavy atom. The van der Waals surface area contributed by atoms with E-state index in [2.05, 4.69) is 14.9 Å². The van der Waals surface area contributed by atoms with Crippen LogP contribution in [0.2, 0.25) is 0 Å². The van der Waals surface area contributed by atoms with Crippen molar-refractivity contribution in [3.05, 3.63) is 35.5 Å². The Morgan fingerprint density at radius 3 is 2.28 bits per heavy atom. The van der Waals surface area contributed by atoms with Gasteiger partial charge in [-0.15, -0.1) is 5.10 Å². The molecule has 0 aliphatic heterocycles. The highest BCUT2D eigenvalue weighted by Crippen LogP contribution is 2.25. The third-order valence-corrected chi connectivity index (χ3v) is 5.63. The lowest BCUT2D eigenvalue weighted by molar-refractivity contribution is 0.327. The molecule has 0 spiro atoms. The van der Waals surface area contributed by atoms with Crippen molar-refractivity contribution in [3.63, 3.8) is 0 Å². The largest absolute Gasteiger partial charge is 0.411 e. The third kappa shape index (κ3) is 4.41. The van der Waals surface area contributed by atoms with Gasteiger partial charge in [-0.1, -0.05) is 18.9 Å². The van der Waals surface area contributed by atoms with E-state index in [0.29, 0.717) is 0 Å². The topological polar surface area (TPSA) is 119 Å². The van der Waals surface area contributed by atoms with E-state index in [-0.39, 0.29) is 22.3 Å². The van der Waals surface area contributed by atoms with Gasteiger partial charge in [0.15, 0.2) is 0 Å². The van der Waals surface area contributed by atoms with Crippen molar-refractivity contribution < 1.29 is 25.6 Å². The Labute approximate surface area is 145 Å². The lowest BCUT2D eigenvalue weighted by Gasteiger charge is -2.19. The van der Waals surface area contributed by atoms with E-state index >= 15 is 0 Å². The van der Waals surface area contributed by atoms with Crippen molar-refractivity contribution in [2.45, 2.75) is 36.9 Å². The van der Waals surface area contributed by atoms with Crippen LogP contribution >= 0.6 is 0 Å². The van der Waals surface area contributed by atoms with E-state index in [9.17, 15) is 21.2 Å². The number of nitrogens with one attached hydrogen (secondary N) is 1. The predicted molar refractivity (Wildman–Crippen MR) is 86.4 cm³/mol. The number of benzene rings is 1. The molecular formula is C14H18FN3O5S2. The van der Waals surface area contributed by atoms with E-state index in [1.165, 1.54) is 13.0 Å². The lowest BCUT2D eigenvalue weighted by atomic mass is 10.1. The summed E-state index contributed by atoms with van der Waals surface area (Å²) >= 11 is 0. The standard InChI is InChI=1S/C14H18FN3O5S2/c1-8(2)12(13-16-17-14(23-13)24(4,19)20)18-25(21,22)10-5-6-11(15)9(3)7-10/h5-8,12,18H,1-4H3/t12-/m0/s1. The predicted octanol–water partition coefficient (Wildman–Crippen LogP) is 1.60. The van der Waals surface area contributed by atoms with Gasteiger partial charge in [0.1, 0.15) is 11.9 Å². The second-order valence-electron chi connectivity index (χ2n) is 5.93. The van der Waals surface area contributed by atoms with Gasteiger partial charge in [0, 0.05) is 6.26 Å². The fourth-order valence-corrected chi connectivity index (χ4v) is 3.84. The number of sulfonamides is 1. The van der Waals surface area contributed by atoms with Crippen molar-refractivity contribution >= 4 is 19.9 Å². The Hall–Kier alpha value is -1.85. The zero-order chi connectivity index (χ0) is 19.0. The van der Waals surface area contributed by atoms with Crippen LogP contribution in [0.3, 0.4) is 0 Å². The Morgan fingerprint density at radius 1 is 1.16 bits per heavy atom. The Kier molecular flexibility index (Phi) is 5.30. The maximum absolute atomic E-state index is 13.4. The van der Waals surface area contributed by atoms with E-state index in [0.717, 1.165) is 18.4 Å². The molecule has 11 heteroatoms. The number of rotatable bonds is 6. The number of hydrogen-bond donors (Lipinski definition) is 1. The molecule has 2 rings (SSSR count). The van der Waals surface area contributed by atoms with Gasteiger partial charge in [0.25, 0.3) is 0 Å². The molecule has 0 amide bonds. The minimum absolute atomic E-state index is 0.125. The summed E-state index contributed by atoms with van der Waals surface area (Å²) in [6, 6.07) is 2.45. The van der Waals surface area contributed by atoms with Crippen molar-refractivity contribution in [3.8, 4) is 0 Å². The fourth-order valence-electron chi connectivity index (χ4n) is 1.99. The maximum Gasteiger partial charge on any atom is 0.335 e. The normalized spacial score (nSPS) is 14.0.